The minimum Gasteiger partial charge on any atom is -0.326 e. The lowest BCUT2D eigenvalue weighted by atomic mass is 10.0. The fourth-order valence-corrected chi connectivity index (χ4v) is 4.11. The summed E-state index contributed by atoms with van der Waals surface area (Å²) in [6.45, 7) is 4.01. The molecule has 0 N–H and O–H groups in total. The summed E-state index contributed by atoms with van der Waals surface area (Å²) in [4.78, 5) is 14.3. The third kappa shape index (κ3) is 2.53. The van der Waals surface area contributed by atoms with Crippen LogP contribution >= 0.6 is 0 Å². The molecule has 2 aromatic carbocycles. The van der Waals surface area contributed by atoms with Crippen molar-refractivity contribution in [2.75, 3.05) is 22.9 Å². The number of para-hydroxylation sites is 2. The van der Waals surface area contributed by atoms with Crippen LogP contribution in [-0.2, 0) is 12.8 Å². The predicted molar refractivity (Wildman–Crippen MR) is 106 cm³/mol. The number of hydrogen-bond donors (Lipinski definition) is 0. The number of aromatic nitrogens is 2. The van der Waals surface area contributed by atoms with E-state index in [1.165, 1.54) is 22.5 Å². The molecule has 0 spiro atoms. The maximum Gasteiger partial charge on any atom is 0.232 e. The summed E-state index contributed by atoms with van der Waals surface area (Å²) in [5.41, 5.74) is 6.32. The third-order valence-electron chi connectivity index (χ3n) is 5.34. The van der Waals surface area contributed by atoms with E-state index in [-0.39, 0.29) is 0 Å². The van der Waals surface area contributed by atoms with Gasteiger partial charge in [-0.3, -0.25) is 0 Å². The quantitative estimate of drug-likeness (QED) is 0.683. The van der Waals surface area contributed by atoms with Crippen LogP contribution in [0.4, 0.5) is 23.1 Å². The van der Waals surface area contributed by atoms with Gasteiger partial charge < -0.3 is 9.80 Å². The van der Waals surface area contributed by atoms with Gasteiger partial charge in [0.05, 0.1) is 0 Å². The summed E-state index contributed by atoms with van der Waals surface area (Å²) in [6, 6.07) is 19.3. The monoisotopic (exact) mass is 342 g/mol. The summed E-state index contributed by atoms with van der Waals surface area (Å²) < 4.78 is 0. The maximum atomic E-state index is 4.98. The highest BCUT2D eigenvalue weighted by molar-refractivity contribution is 5.70. The zero-order valence-corrected chi connectivity index (χ0v) is 15.0. The maximum absolute atomic E-state index is 4.98. The fourth-order valence-electron chi connectivity index (χ4n) is 4.11. The highest BCUT2D eigenvalue weighted by Gasteiger charge is 2.24. The standard InChI is InChI=1S/C22H22N4/c1-16-15-21(25-14-12-18-8-3-4-10-19(18)25)24-22(23-16)26-13-6-9-17-7-2-5-11-20(17)26/h2-5,7-8,10-11,15H,6,9,12-14H2,1H3. The predicted octanol–water partition coefficient (Wildman–Crippen LogP) is 4.56. The molecule has 0 unspecified atom stereocenters. The van der Waals surface area contributed by atoms with Crippen LogP contribution in [0.25, 0.3) is 0 Å². The minimum atomic E-state index is 0.816. The summed E-state index contributed by atoms with van der Waals surface area (Å²) in [7, 11) is 0. The van der Waals surface area contributed by atoms with E-state index in [2.05, 4.69) is 71.3 Å². The number of anilines is 4. The van der Waals surface area contributed by atoms with E-state index in [0.717, 1.165) is 49.8 Å². The van der Waals surface area contributed by atoms with Gasteiger partial charge in [0, 0.05) is 36.2 Å². The van der Waals surface area contributed by atoms with Crippen LogP contribution < -0.4 is 9.80 Å². The van der Waals surface area contributed by atoms with Crippen LogP contribution in [-0.4, -0.2) is 23.1 Å². The number of aryl methyl sites for hydroxylation is 2. The molecule has 3 heterocycles. The van der Waals surface area contributed by atoms with Crippen molar-refractivity contribution in [3.8, 4) is 0 Å². The van der Waals surface area contributed by atoms with E-state index < -0.39 is 0 Å². The van der Waals surface area contributed by atoms with Gasteiger partial charge in [-0.15, -0.1) is 0 Å². The first-order valence-corrected chi connectivity index (χ1v) is 9.36. The minimum absolute atomic E-state index is 0.816. The van der Waals surface area contributed by atoms with E-state index in [4.69, 9.17) is 9.97 Å². The normalized spacial score (nSPS) is 15.7. The smallest absolute Gasteiger partial charge is 0.232 e. The van der Waals surface area contributed by atoms with Crippen LogP contribution in [0.15, 0.2) is 54.6 Å². The van der Waals surface area contributed by atoms with E-state index in [1.807, 2.05) is 0 Å². The third-order valence-corrected chi connectivity index (χ3v) is 5.34. The van der Waals surface area contributed by atoms with Crippen molar-refractivity contribution in [3.05, 3.63) is 71.4 Å². The molecular weight excluding hydrogens is 320 g/mol. The Balaban J connectivity index is 1.57. The van der Waals surface area contributed by atoms with Gasteiger partial charge in [0.15, 0.2) is 0 Å². The van der Waals surface area contributed by atoms with Crippen molar-refractivity contribution in [2.45, 2.75) is 26.2 Å². The SMILES string of the molecule is Cc1cc(N2CCc3ccccc32)nc(N2CCCc3ccccc32)n1. The highest BCUT2D eigenvalue weighted by Crippen LogP contribution is 2.36. The first-order chi connectivity index (χ1) is 12.8. The Hall–Kier alpha value is -2.88. The molecule has 5 rings (SSSR count). The first-order valence-electron chi connectivity index (χ1n) is 9.36. The molecule has 4 nitrogen and oxygen atoms in total. The van der Waals surface area contributed by atoms with Crippen molar-refractivity contribution in [1.29, 1.82) is 0 Å². The van der Waals surface area contributed by atoms with E-state index in [9.17, 15) is 0 Å². The van der Waals surface area contributed by atoms with Crippen LogP contribution in [0.5, 0.6) is 0 Å². The zero-order chi connectivity index (χ0) is 17.5. The molecule has 2 aliphatic heterocycles. The molecule has 0 saturated carbocycles. The van der Waals surface area contributed by atoms with Crippen LogP contribution in [0.1, 0.15) is 23.2 Å². The summed E-state index contributed by atoms with van der Waals surface area (Å²) in [6.07, 6.45) is 3.34. The van der Waals surface area contributed by atoms with Gasteiger partial charge in [0.1, 0.15) is 5.82 Å². The molecule has 0 saturated heterocycles. The number of fused-ring (bicyclic) bond motifs is 2. The Morgan fingerprint density at radius 1 is 0.769 bits per heavy atom. The van der Waals surface area contributed by atoms with Gasteiger partial charge in [-0.05, 0) is 49.4 Å². The Morgan fingerprint density at radius 2 is 1.46 bits per heavy atom. The largest absolute Gasteiger partial charge is 0.326 e. The molecule has 0 amide bonds. The van der Waals surface area contributed by atoms with Crippen molar-refractivity contribution in [3.63, 3.8) is 0 Å². The van der Waals surface area contributed by atoms with Crippen molar-refractivity contribution in [2.24, 2.45) is 0 Å². The molecule has 0 radical (unpaired) electrons. The molecular formula is C22H22N4. The average Bonchev–Trinajstić information content (AvgIpc) is 3.11. The van der Waals surface area contributed by atoms with Gasteiger partial charge in [0.25, 0.3) is 0 Å². The molecule has 0 atom stereocenters. The highest BCUT2D eigenvalue weighted by atomic mass is 15.3. The summed E-state index contributed by atoms with van der Waals surface area (Å²) in [5, 5.41) is 0. The molecule has 26 heavy (non-hydrogen) atoms. The van der Waals surface area contributed by atoms with Crippen molar-refractivity contribution >= 4 is 23.1 Å². The Labute approximate surface area is 154 Å². The zero-order valence-electron chi connectivity index (χ0n) is 15.0. The number of nitrogens with zero attached hydrogens (tertiary/aromatic N) is 4. The number of rotatable bonds is 2. The summed E-state index contributed by atoms with van der Waals surface area (Å²) >= 11 is 0. The molecule has 0 aliphatic carbocycles. The molecule has 0 bridgehead atoms. The lowest BCUT2D eigenvalue weighted by molar-refractivity contribution is 0.748. The van der Waals surface area contributed by atoms with Crippen LogP contribution in [0, 0.1) is 6.92 Å². The molecule has 3 aromatic rings. The van der Waals surface area contributed by atoms with Gasteiger partial charge in [-0.2, -0.15) is 4.98 Å². The average molecular weight is 342 g/mol. The summed E-state index contributed by atoms with van der Waals surface area (Å²) in [5.74, 6) is 1.82. The Kier molecular flexibility index (Phi) is 3.63. The Morgan fingerprint density at radius 3 is 2.27 bits per heavy atom. The van der Waals surface area contributed by atoms with Crippen molar-refractivity contribution in [1.82, 2.24) is 9.97 Å². The molecule has 1 aromatic heterocycles. The second-order valence-corrected chi connectivity index (χ2v) is 7.08. The lowest BCUT2D eigenvalue weighted by Gasteiger charge is -2.30. The van der Waals surface area contributed by atoms with Gasteiger partial charge in [-0.1, -0.05) is 36.4 Å². The fraction of sp³-hybridized carbons (Fsp3) is 0.273. The molecule has 130 valence electrons. The number of hydrogen-bond acceptors (Lipinski definition) is 4. The van der Waals surface area contributed by atoms with Gasteiger partial charge in [-0.25, -0.2) is 4.98 Å². The Bertz CT molecular complexity index is 966. The lowest BCUT2D eigenvalue weighted by Crippen LogP contribution is -2.27. The van der Waals surface area contributed by atoms with E-state index in [0.29, 0.717) is 0 Å². The van der Waals surface area contributed by atoms with E-state index >= 15 is 0 Å². The number of benzene rings is 2. The topological polar surface area (TPSA) is 32.3 Å². The van der Waals surface area contributed by atoms with Crippen LogP contribution in [0.2, 0.25) is 0 Å². The van der Waals surface area contributed by atoms with Gasteiger partial charge in [0.2, 0.25) is 5.95 Å². The van der Waals surface area contributed by atoms with Gasteiger partial charge >= 0.3 is 0 Å². The van der Waals surface area contributed by atoms with Crippen LogP contribution in [0.3, 0.4) is 0 Å². The molecule has 0 fully saturated rings. The van der Waals surface area contributed by atoms with Crippen molar-refractivity contribution < 1.29 is 0 Å². The molecule has 4 heteroatoms. The second kappa shape index (κ2) is 6.13. The second-order valence-electron chi connectivity index (χ2n) is 7.08. The first kappa shape index (κ1) is 15.4. The van der Waals surface area contributed by atoms with E-state index in [1.54, 1.807) is 0 Å². The molecule has 2 aliphatic rings.